The lowest BCUT2D eigenvalue weighted by atomic mass is 10.1. The molecule has 2 heterocycles. The Morgan fingerprint density at radius 3 is 2.68 bits per heavy atom. The monoisotopic (exact) mass is 393 g/mol. The van der Waals surface area contributed by atoms with Gasteiger partial charge in [-0.1, -0.05) is 36.4 Å². The van der Waals surface area contributed by atoms with Gasteiger partial charge in [0.2, 0.25) is 0 Å². The quantitative estimate of drug-likeness (QED) is 0.428. The topological polar surface area (TPSA) is 49.9 Å². The minimum atomic E-state index is 0. The molecular weight excluding hydrogens is 370 g/mol. The first-order valence-electron chi connectivity index (χ1n) is 9.21. The van der Waals surface area contributed by atoms with Crippen molar-refractivity contribution < 1.29 is 4.74 Å². The number of nitrogens with zero attached hydrogens (tertiary/aromatic N) is 1. The van der Waals surface area contributed by atoms with E-state index in [4.69, 9.17) is 4.74 Å². The van der Waals surface area contributed by atoms with Crippen LogP contribution in [0.1, 0.15) is 11.3 Å². The van der Waals surface area contributed by atoms with E-state index >= 15 is 0 Å². The molecule has 0 aliphatic heterocycles. The maximum Gasteiger partial charge on any atom is 0.128 e. The van der Waals surface area contributed by atoms with E-state index in [0.29, 0.717) is 6.61 Å². The van der Waals surface area contributed by atoms with Crippen LogP contribution in [0.4, 0.5) is 0 Å². The van der Waals surface area contributed by atoms with Crippen molar-refractivity contribution in [2.45, 2.75) is 13.5 Å². The van der Waals surface area contributed by atoms with Crippen LogP contribution in [0.25, 0.3) is 22.0 Å². The van der Waals surface area contributed by atoms with E-state index in [1.807, 2.05) is 42.7 Å². The van der Waals surface area contributed by atoms with E-state index in [1.54, 1.807) is 0 Å². The number of rotatable bonds is 7. The lowest BCUT2D eigenvalue weighted by Gasteiger charge is -2.09. The molecule has 0 saturated heterocycles. The van der Waals surface area contributed by atoms with E-state index in [9.17, 15) is 0 Å². The lowest BCUT2D eigenvalue weighted by molar-refractivity contribution is 0.317. The van der Waals surface area contributed by atoms with Gasteiger partial charge < -0.3 is 15.0 Å². The summed E-state index contributed by atoms with van der Waals surface area (Å²) in [6.45, 7) is 4.22. The summed E-state index contributed by atoms with van der Waals surface area (Å²) in [4.78, 5) is 7.71. The molecule has 2 aromatic carbocycles. The van der Waals surface area contributed by atoms with Crippen molar-refractivity contribution >= 4 is 23.3 Å². The van der Waals surface area contributed by atoms with Crippen LogP contribution in [0.15, 0.2) is 73.1 Å². The molecule has 4 rings (SSSR count). The smallest absolute Gasteiger partial charge is 0.128 e. The van der Waals surface area contributed by atoms with Crippen LogP contribution in [-0.2, 0) is 6.54 Å². The fraction of sp³-hybridized carbons (Fsp3) is 0.174. The largest absolute Gasteiger partial charge is 0.492 e. The summed E-state index contributed by atoms with van der Waals surface area (Å²) in [5.41, 5.74) is 5.75. The molecule has 4 nitrogen and oxygen atoms in total. The number of aromatic nitrogens is 2. The van der Waals surface area contributed by atoms with Crippen molar-refractivity contribution in [1.82, 2.24) is 15.3 Å². The molecule has 0 aliphatic rings. The van der Waals surface area contributed by atoms with Gasteiger partial charge in [0.15, 0.2) is 0 Å². The third kappa shape index (κ3) is 4.71. The molecule has 0 bridgehead atoms. The summed E-state index contributed by atoms with van der Waals surface area (Å²) in [5, 5.41) is 4.57. The summed E-state index contributed by atoms with van der Waals surface area (Å²) in [6, 6.07) is 20.7. The average molecular weight is 394 g/mol. The molecule has 0 aliphatic carbocycles. The first kappa shape index (κ1) is 19.9. The van der Waals surface area contributed by atoms with Crippen LogP contribution in [0.5, 0.6) is 5.75 Å². The van der Waals surface area contributed by atoms with Crippen LogP contribution in [0.2, 0.25) is 0 Å². The lowest BCUT2D eigenvalue weighted by Crippen LogP contribution is -2.20. The minimum absolute atomic E-state index is 0. The van der Waals surface area contributed by atoms with E-state index < -0.39 is 0 Å². The number of halogens is 1. The van der Waals surface area contributed by atoms with Gasteiger partial charge in [-0.25, -0.2) is 0 Å². The second-order valence-corrected chi connectivity index (χ2v) is 6.64. The fourth-order valence-electron chi connectivity index (χ4n) is 3.23. The molecule has 0 spiro atoms. The Bertz CT molecular complexity index is 1030. The molecule has 0 amide bonds. The third-order valence-electron chi connectivity index (χ3n) is 4.53. The van der Waals surface area contributed by atoms with Crippen molar-refractivity contribution in [2.75, 3.05) is 13.2 Å². The van der Waals surface area contributed by atoms with E-state index in [0.717, 1.165) is 41.0 Å². The number of hydrogen-bond acceptors (Lipinski definition) is 3. The average Bonchev–Trinajstić information content (AvgIpc) is 3.10. The van der Waals surface area contributed by atoms with Crippen molar-refractivity contribution in [3.05, 3.63) is 84.3 Å². The van der Waals surface area contributed by atoms with E-state index in [1.165, 1.54) is 11.1 Å². The van der Waals surface area contributed by atoms with Gasteiger partial charge in [-0.2, -0.15) is 0 Å². The molecule has 0 radical (unpaired) electrons. The van der Waals surface area contributed by atoms with Crippen molar-refractivity contribution in [2.24, 2.45) is 0 Å². The van der Waals surface area contributed by atoms with Crippen LogP contribution >= 0.6 is 12.4 Å². The van der Waals surface area contributed by atoms with Gasteiger partial charge in [0.1, 0.15) is 12.4 Å². The summed E-state index contributed by atoms with van der Waals surface area (Å²) in [6.07, 6.45) is 3.81. The Hall–Kier alpha value is -2.82. The Balaban J connectivity index is 0.00000225. The first-order chi connectivity index (χ1) is 13.3. The highest BCUT2D eigenvalue weighted by Gasteiger charge is 2.04. The number of nitrogens with one attached hydrogen (secondary N) is 2. The molecule has 144 valence electrons. The summed E-state index contributed by atoms with van der Waals surface area (Å²) >= 11 is 0. The molecule has 4 aromatic rings. The molecule has 5 heteroatoms. The molecule has 0 saturated carbocycles. The van der Waals surface area contributed by atoms with Gasteiger partial charge in [0.05, 0.1) is 0 Å². The highest BCUT2D eigenvalue weighted by Crippen LogP contribution is 2.26. The standard InChI is InChI=1S/C23H23N3O.ClH/c1-17-12-21-22(26-17)8-5-9-23(21)27-11-10-24-14-18-13-20(16-25-15-18)19-6-3-2-4-7-19;/h2-9,12-13,15-16,24,26H,10-11,14H2,1H3;1H. The zero-order valence-electron chi connectivity index (χ0n) is 15.8. The Labute approximate surface area is 171 Å². The number of hydrogen-bond donors (Lipinski definition) is 2. The Morgan fingerprint density at radius 1 is 0.964 bits per heavy atom. The molecule has 2 aromatic heterocycles. The zero-order chi connectivity index (χ0) is 18.5. The Kier molecular flexibility index (Phi) is 6.69. The molecular formula is C23H24ClN3O. The van der Waals surface area contributed by atoms with E-state index in [2.05, 4.69) is 52.5 Å². The third-order valence-corrected chi connectivity index (χ3v) is 4.53. The summed E-state index contributed by atoms with van der Waals surface area (Å²) in [5.74, 6) is 0.923. The normalized spacial score (nSPS) is 10.6. The van der Waals surface area contributed by atoms with Gasteiger partial charge in [-0.15, -0.1) is 12.4 Å². The van der Waals surface area contributed by atoms with Crippen LogP contribution in [0, 0.1) is 6.92 Å². The molecule has 28 heavy (non-hydrogen) atoms. The van der Waals surface area contributed by atoms with Gasteiger partial charge in [-0.05, 0) is 42.3 Å². The maximum absolute atomic E-state index is 5.97. The maximum atomic E-state index is 5.97. The zero-order valence-corrected chi connectivity index (χ0v) is 16.6. The number of H-pyrrole nitrogens is 1. The number of fused-ring (bicyclic) bond motifs is 1. The Morgan fingerprint density at radius 2 is 1.82 bits per heavy atom. The fourth-order valence-corrected chi connectivity index (χ4v) is 3.23. The predicted molar refractivity (Wildman–Crippen MR) is 117 cm³/mol. The first-order valence-corrected chi connectivity index (χ1v) is 9.21. The van der Waals surface area contributed by atoms with Crippen molar-refractivity contribution in [3.8, 4) is 16.9 Å². The number of pyridine rings is 1. The van der Waals surface area contributed by atoms with Crippen LogP contribution < -0.4 is 10.1 Å². The highest BCUT2D eigenvalue weighted by atomic mass is 35.5. The van der Waals surface area contributed by atoms with Gasteiger partial charge in [-0.3, -0.25) is 4.98 Å². The second kappa shape index (κ2) is 9.40. The molecule has 2 N–H and O–H groups in total. The van der Waals surface area contributed by atoms with Crippen molar-refractivity contribution in [1.29, 1.82) is 0 Å². The highest BCUT2D eigenvalue weighted by molar-refractivity contribution is 5.86. The number of benzene rings is 2. The van der Waals surface area contributed by atoms with Gasteiger partial charge in [0, 0.05) is 47.6 Å². The van der Waals surface area contributed by atoms with E-state index in [-0.39, 0.29) is 12.4 Å². The number of aryl methyl sites for hydroxylation is 1. The van der Waals surface area contributed by atoms with Crippen LogP contribution in [-0.4, -0.2) is 23.1 Å². The predicted octanol–water partition coefficient (Wildman–Crippen LogP) is 5.13. The van der Waals surface area contributed by atoms with Gasteiger partial charge >= 0.3 is 0 Å². The van der Waals surface area contributed by atoms with Gasteiger partial charge in [0.25, 0.3) is 0 Å². The molecule has 0 fully saturated rings. The molecule has 0 unspecified atom stereocenters. The SMILES string of the molecule is Cc1cc2c(OCCNCc3cncc(-c4ccccc4)c3)cccc2[nH]1.Cl. The second-order valence-electron chi connectivity index (χ2n) is 6.64. The number of ether oxygens (including phenoxy) is 1. The van der Waals surface area contributed by atoms with Crippen molar-refractivity contribution in [3.63, 3.8) is 0 Å². The summed E-state index contributed by atoms with van der Waals surface area (Å²) < 4.78 is 5.97. The summed E-state index contributed by atoms with van der Waals surface area (Å²) in [7, 11) is 0. The minimum Gasteiger partial charge on any atom is -0.492 e. The number of aromatic amines is 1. The van der Waals surface area contributed by atoms with Crippen LogP contribution in [0.3, 0.4) is 0 Å². The molecule has 0 atom stereocenters.